The van der Waals surface area contributed by atoms with Crippen molar-refractivity contribution in [3.8, 4) is 0 Å². The monoisotopic (exact) mass is 437 g/mol. The summed E-state index contributed by atoms with van der Waals surface area (Å²) in [6.45, 7) is 6.16. The molecule has 1 aromatic rings. The zero-order chi connectivity index (χ0) is 16.2. The van der Waals surface area contributed by atoms with E-state index in [1.165, 1.54) is 6.07 Å². The summed E-state index contributed by atoms with van der Waals surface area (Å²) in [6.07, 6.45) is 2.95. The Morgan fingerprint density at radius 1 is 1.22 bits per heavy atom. The lowest BCUT2D eigenvalue weighted by Gasteiger charge is -2.18. The molecule has 4 nitrogen and oxygen atoms in total. The molecule has 0 aliphatic carbocycles. The number of aliphatic hydroxyl groups is 1. The van der Waals surface area contributed by atoms with Crippen molar-refractivity contribution in [1.29, 1.82) is 0 Å². The molecule has 1 rings (SSSR count). The second-order valence-electron chi connectivity index (χ2n) is 5.33. The number of guanidine groups is 1. The second-order valence-corrected chi connectivity index (χ2v) is 5.33. The van der Waals surface area contributed by atoms with Crippen molar-refractivity contribution in [1.82, 2.24) is 10.6 Å². The third-order valence-electron chi connectivity index (χ3n) is 3.50. The average molecular weight is 437 g/mol. The fraction of sp³-hybridized carbons (Fsp3) is 0.588. The zero-order valence-corrected chi connectivity index (χ0v) is 16.3. The minimum absolute atomic E-state index is 0. The Morgan fingerprint density at radius 2 is 1.96 bits per heavy atom. The Kier molecular flexibility index (Phi) is 13.0. The number of aliphatic hydroxyl groups excluding tert-OH is 1. The van der Waals surface area contributed by atoms with E-state index >= 15 is 0 Å². The third-order valence-corrected chi connectivity index (χ3v) is 3.50. The van der Waals surface area contributed by atoms with Crippen molar-refractivity contribution in [2.45, 2.75) is 39.7 Å². The molecule has 0 saturated carbocycles. The molecule has 0 bridgehead atoms. The maximum atomic E-state index is 13.6. The van der Waals surface area contributed by atoms with Crippen LogP contribution in [0.2, 0.25) is 0 Å². The molecule has 132 valence electrons. The summed E-state index contributed by atoms with van der Waals surface area (Å²) in [5.74, 6) is 0.878. The Bertz CT molecular complexity index is 451. The number of benzene rings is 1. The van der Waals surface area contributed by atoms with Crippen molar-refractivity contribution < 1.29 is 9.50 Å². The van der Waals surface area contributed by atoms with Gasteiger partial charge >= 0.3 is 0 Å². The number of hydrogen-bond donors (Lipinski definition) is 3. The van der Waals surface area contributed by atoms with Crippen LogP contribution in [0.15, 0.2) is 29.3 Å². The molecule has 0 fully saturated rings. The van der Waals surface area contributed by atoms with Gasteiger partial charge in [-0.3, -0.25) is 0 Å². The van der Waals surface area contributed by atoms with Crippen molar-refractivity contribution in [2.24, 2.45) is 10.9 Å². The standard InChI is InChI=1S/C17H28FN3O.HI/c1-3-7-14(10-11-22)12-20-17(19-4-2)21-13-15-8-5-6-9-16(15)18;/h5-6,8-9,14,22H,3-4,7,10-13H2,1-2H3,(H2,19,20,21);1H. The Balaban J connectivity index is 0.00000484. The van der Waals surface area contributed by atoms with Gasteiger partial charge in [0.05, 0.1) is 6.54 Å². The highest BCUT2D eigenvalue weighted by Crippen LogP contribution is 2.10. The van der Waals surface area contributed by atoms with E-state index in [9.17, 15) is 4.39 Å². The molecule has 6 heteroatoms. The predicted molar refractivity (Wildman–Crippen MR) is 105 cm³/mol. The lowest BCUT2D eigenvalue weighted by atomic mass is 10.0. The van der Waals surface area contributed by atoms with E-state index in [1.54, 1.807) is 12.1 Å². The Morgan fingerprint density at radius 3 is 2.57 bits per heavy atom. The van der Waals surface area contributed by atoms with Gasteiger partial charge in [-0.2, -0.15) is 0 Å². The molecular weight excluding hydrogens is 408 g/mol. The van der Waals surface area contributed by atoms with Gasteiger partial charge in [-0.15, -0.1) is 24.0 Å². The Labute approximate surface area is 156 Å². The first-order valence-electron chi connectivity index (χ1n) is 8.07. The second kappa shape index (κ2) is 13.5. The molecule has 0 aliphatic heterocycles. The molecule has 1 unspecified atom stereocenters. The van der Waals surface area contributed by atoms with Crippen LogP contribution in [0.3, 0.4) is 0 Å². The molecular formula is C17H29FIN3O. The van der Waals surface area contributed by atoms with Crippen LogP contribution < -0.4 is 10.6 Å². The minimum atomic E-state index is -0.230. The first kappa shape index (κ1) is 22.1. The summed E-state index contributed by atoms with van der Waals surface area (Å²) in [7, 11) is 0. The van der Waals surface area contributed by atoms with Crippen LogP contribution in [-0.4, -0.2) is 30.8 Å². The largest absolute Gasteiger partial charge is 0.396 e. The SMILES string of the molecule is CCCC(CCO)CNC(=NCc1ccccc1F)NCC.I. The lowest BCUT2D eigenvalue weighted by molar-refractivity contribution is 0.251. The third kappa shape index (κ3) is 9.10. The van der Waals surface area contributed by atoms with E-state index in [0.717, 1.165) is 32.4 Å². The molecule has 1 atom stereocenters. The van der Waals surface area contributed by atoms with E-state index in [2.05, 4.69) is 22.5 Å². The molecule has 1 aromatic carbocycles. The van der Waals surface area contributed by atoms with Crippen LogP contribution in [0.1, 0.15) is 38.7 Å². The molecule has 0 saturated heterocycles. The number of aliphatic imine (C=N–C) groups is 1. The Hall–Kier alpha value is -0.890. The van der Waals surface area contributed by atoms with Crippen molar-refractivity contribution in [3.63, 3.8) is 0 Å². The highest BCUT2D eigenvalue weighted by molar-refractivity contribution is 14.0. The average Bonchev–Trinajstić information content (AvgIpc) is 2.51. The topological polar surface area (TPSA) is 56.6 Å². The lowest BCUT2D eigenvalue weighted by Crippen LogP contribution is -2.40. The van der Waals surface area contributed by atoms with Gasteiger partial charge in [0.1, 0.15) is 5.82 Å². The summed E-state index contributed by atoms with van der Waals surface area (Å²) < 4.78 is 13.6. The highest BCUT2D eigenvalue weighted by Gasteiger charge is 2.08. The molecule has 0 aliphatic rings. The van der Waals surface area contributed by atoms with Crippen LogP contribution in [0.5, 0.6) is 0 Å². The van der Waals surface area contributed by atoms with Crippen molar-refractivity contribution >= 4 is 29.9 Å². The van der Waals surface area contributed by atoms with Gasteiger partial charge in [0.2, 0.25) is 0 Å². The van der Waals surface area contributed by atoms with E-state index < -0.39 is 0 Å². The molecule has 0 amide bonds. The summed E-state index contributed by atoms with van der Waals surface area (Å²) in [5, 5.41) is 15.6. The number of hydrogen-bond acceptors (Lipinski definition) is 2. The number of nitrogens with zero attached hydrogens (tertiary/aromatic N) is 1. The number of nitrogens with one attached hydrogen (secondary N) is 2. The zero-order valence-electron chi connectivity index (χ0n) is 14.0. The first-order chi connectivity index (χ1) is 10.7. The van der Waals surface area contributed by atoms with Gasteiger partial charge in [-0.1, -0.05) is 31.5 Å². The van der Waals surface area contributed by atoms with Crippen LogP contribution in [0.4, 0.5) is 4.39 Å². The quantitative estimate of drug-likeness (QED) is 0.316. The van der Waals surface area contributed by atoms with Gasteiger partial charge < -0.3 is 15.7 Å². The highest BCUT2D eigenvalue weighted by atomic mass is 127. The van der Waals surface area contributed by atoms with E-state index in [-0.39, 0.29) is 36.4 Å². The van der Waals surface area contributed by atoms with Crippen molar-refractivity contribution in [3.05, 3.63) is 35.6 Å². The number of rotatable bonds is 9. The van der Waals surface area contributed by atoms with E-state index in [1.807, 2.05) is 13.0 Å². The smallest absolute Gasteiger partial charge is 0.191 e. The van der Waals surface area contributed by atoms with Gasteiger partial charge in [0.25, 0.3) is 0 Å². The summed E-state index contributed by atoms with van der Waals surface area (Å²) in [6, 6.07) is 6.68. The molecule has 3 N–H and O–H groups in total. The van der Waals surface area contributed by atoms with E-state index in [4.69, 9.17) is 5.11 Å². The minimum Gasteiger partial charge on any atom is -0.396 e. The maximum Gasteiger partial charge on any atom is 0.191 e. The van der Waals surface area contributed by atoms with Gasteiger partial charge in [-0.25, -0.2) is 9.38 Å². The van der Waals surface area contributed by atoms with Crippen LogP contribution >= 0.6 is 24.0 Å². The fourth-order valence-electron chi connectivity index (χ4n) is 2.31. The number of halogens is 2. The van der Waals surface area contributed by atoms with Crippen LogP contribution in [-0.2, 0) is 6.54 Å². The van der Waals surface area contributed by atoms with Crippen LogP contribution in [0.25, 0.3) is 0 Å². The van der Waals surface area contributed by atoms with Gasteiger partial charge in [0, 0.05) is 25.3 Å². The molecule has 0 radical (unpaired) electrons. The predicted octanol–water partition coefficient (Wildman–Crippen LogP) is 3.30. The molecule has 0 aromatic heterocycles. The van der Waals surface area contributed by atoms with Gasteiger partial charge in [-0.05, 0) is 31.7 Å². The summed E-state index contributed by atoms with van der Waals surface area (Å²) in [5.41, 5.74) is 0.583. The normalized spacial score (nSPS) is 12.4. The van der Waals surface area contributed by atoms with Crippen molar-refractivity contribution in [2.75, 3.05) is 19.7 Å². The summed E-state index contributed by atoms with van der Waals surface area (Å²) in [4.78, 5) is 4.43. The summed E-state index contributed by atoms with van der Waals surface area (Å²) >= 11 is 0. The first-order valence-corrected chi connectivity index (χ1v) is 8.07. The molecule has 0 heterocycles. The molecule has 0 spiro atoms. The molecule has 23 heavy (non-hydrogen) atoms. The van der Waals surface area contributed by atoms with Gasteiger partial charge in [0.15, 0.2) is 5.96 Å². The van der Waals surface area contributed by atoms with E-state index in [0.29, 0.717) is 24.0 Å². The fourth-order valence-corrected chi connectivity index (χ4v) is 2.31. The maximum absolute atomic E-state index is 13.6. The van der Waals surface area contributed by atoms with Crippen LogP contribution in [0, 0.1) is 11.7 Å².